The molecule has 0 spiro atoms. The number of fused-ring (bicyclic) bond motifs is 6. The summed E-state index contributed by atoms with van der Waals surface area (Å²) >= 11 is 0. The van der Waals surface area contributed by atoms with Crippen molar-refractivity contribution in [3.05, 3.63) is 45.7 Å². The highest BCUT2D eigenvalue weighted by molar-refractivity contribution is 5.89. The molecule has 0 radical (unpaired) electrons. The zero-order valence-electron chi connectivity index (χ0n) is 22.5. The van der Waals surface area contributed by atoms with Gasteiger partial charge in [0.15, 0.2) is 16.9 Å². The Hall–Kier alpha value is -3.00. The summed E-state index contributed by atoms with van der Waals surface area (Å²) in [5.41, 5.74) is 1.77. The zero-order valence-corrected chi connectivity index (χ0v) is 22.5. The summed E-state index contributed by atoms with van der Waals surface area (Å²) in [6.07, 6.45) is 4.29. The molecule has 0 N–H and O–H groups in total. The predicted octanol–water partition coefficient (Wildman–Crippen LogP) is 4.85. The fourth-order valence-corrected chi connectivity index (χ4v) is 5.12. The van der Waals surface area contributed by atoms with E-state index >= 15 is 0 Å². The molecule has 0 amide bonds. The van der Waals surface area contributed by atoms with Gasteiger partial charge in [0.1, 0.15) is 11.2 Å². The third kappa shape index (κ3) is 4.96. The van der Waals surface area contributed by atoms with E-state index in [4.69, 9.17) is 18.9 Å². The van der Waals surface area contributed by atoms with Crippen LogP contribution in [-0.4, -0.2) is 48.7 Å². The van der Waals surface area contributed by atoms with Crippen LogP contribution < -0.4 is 19.9 Å². The van der Waals surface area contributed by atoms with Gasteiger partial charge in [0.05, 0.1) is 30.5 Å². The summed E-state index contributed by atoms with van der Waals surface area (Å²) < 4.78 is 24.8. The molecule has 36 heavy (non-hydrogen) atoms. The first-order valence-corrected chi connectivity index (χ1v) is 12.7. The van der Waals surface area contributed by atoms with E-state index in [1.165, 1.54) is 6.07 Å². The van der Waals surface area contributed by atoms with E-state index in [1.54, 1.807) is 20.2 Å². The van der Waals surface area contributed by atoms with Crippen molar-refractivity contribution >= 4 is 5.97 Å². The summed E-state index contributed by atoms with van der Waals surface area (Å²) in [4.78, 5) is 25.6. The Labute approximate surface area is 213 Å². The van der Waals surface area contributed by atoms with E-state index in [0.29, 0.717) is 24.7 Å². The second kappa shape index (κ2) is 9.81. The second-order valence-corrected chi connectivity index (χ2v) is 11.0. The van der Waals surface area contributed by atoms with Gasteiger partial charge < -0.3 is 18.9 Å². The van der Waals surface area contributed by atoms with Gasteiger partial charge in [-0.2, -0.15) is 0 Å². The SMILES string of the molecule is CCOC(=O)c1cn2c(cc1=O)-c1cc(OC(C)(C)C)c(OCCCOC)cc1[C@@H]1CCC(C)(C)N12. The smallest absolute Gasteiger partial charge is 0.343 e. The van der Waals surface area contributed by atoms with Crippen molar-refractivity contribution in [1.29, 1.82) is 0 Å². The summed E-state index contributed by atoms with van der Waals surface area (Å²) in [5, 5.41) is 2.27. The molecule has 0 unspecified atom stereocenters. The predicted molar refractivity (Wildman–Crippen MR) is 139 cm³/mol. The minimum absolute atomic E-state index is 0.0368. The molecule has 4 rings (SSSR count). The molecule has 1 fully saturated rings. The number of nitrogens with zero attached hydrogens (tertiary/aromatic N) is 2. The van der Waals surface area contributed by atoms with Crippen molar-refractivity contribution in [3.63, 3.8) is 0 Å². The topological polar surface area (TPSA) is 79.2 Å². The van der Waals surface area contributed by atoms with Gasteiger partial charge in [0.25, 0.3) is 0 Å². The number of aromatic nitrogens is 1. The van der Waals surface area contributed by atoms with Gasteiger partial charge >= 0.3 is 5.97 Å². The van der Waals surface area contributed by atoms with E-state index in [1.807, 2.05) is 31.5 Å². The van der Waals surface area contributed by atoms with Crippen LogP contribution in [0.5, 0.6) is 11.5 Å². The van der Waals surface area contributed by atoms with Crippen LogP contribution in [-0.2, 0) is 9.47 Å². The summed E-state index contributed by atoms with van der Waals surface area (Å²) in [6, 6.07) is 5.64. The van der Waals surface area contributed by atoms with E-state index in [0.717, 1.165) is 36.1 Å². The number of benzene rings is 1. The molecule has 3 heterocycles. The summed E-state index contributed by atoms with van der Waals surface area (Å²) in [7, 11) is 1.68. The van der Waals surface area contributed by atoms with Crippen LogP contribution in [0.4, 0.5) is 0 Å². The normalized spacial score (nSPS) is 17.8. The first kappa shape index (κ1) is 26.1. The maximum absolute atomic E-state index is 13.1. The lowest BCUT2D eigenvalue weighted by atomic mass is 9.93. The van der Waals surface area contributed by atoms with Crippen LogP contribution in [0.15, 0.2) is 29.2 Å². The summed E-state index contributed by atoms with van der Waals surface area (Å²) in [5.74, 6) is 0.704. The fourth-order valence-electron chi connectivity index (χ4n) is 5.12. The molecule has 0 bridgehead atoms. The lowest BCUT2D eigenvalue weighted by Gasteiger charge is -2.44. The van der Waals surface area contributed by atoms with Crippen LogP contribution in [0.2, 0.25) is 0 Å². The van der Waals surface area contributed by atoms with Gasteiger partial charge in [-0.25, -0.2) is 4.79 Å². The molecule has 0 aliphatic carbocycles. The van der Waals surface area contributed by atoms with Gasteiger partial charge in [-0.15, -0.1) is 0 Å². The number of methoxy groups -OCH3 is 1. The van der Waals surface area contributed by atoms with Gasteiger partial charge in [0.2, 0.25) is 0 Å². The number of pyridine rings is 1. The van der Waals surface area contributed by atoms with Crippen LogP contribution in [0, 0.1) is 0 Å². The molecule has 8 heteroatoms. The van der Waals surface area contributed by atoms with Crippen LogP contribution in [0.25, 0.3) is 11.3 Å². The van der Waals surface area contributed by atoms with E-state index in [-0.39, 0.29) is 29.2 Å². The minimum Gasteiger partial charge on any atom is -0.490 e. The lowest BCUT2D eigenvalue weighted by molar-refractivity contribution is 0.0523. The van der Waals surface area contributed by atoms with Crippen LogP contribution in [0.1, 0.15) is 82.8 Å². The van der Waals surface area contributed by atoms with Gasteiger partial charge in [-0.1, -0.05) is 0 Å². The molecule has 196 valence electrons. The van der Waals surface area contributed by atoms with Crippen molar-refractivity contribution in [1.82, 2.24) is 4.68 Å². The fraction of sp³-hybridized carbons (Fsp3) is 0.571. The molecule has 0 saturated carbocycles. The van der Waals surface area contributed by atoms with Gasteiger partial charge in [-0.05, 0) is 72.1 Å². The largest absolute Gasteiger partial charge is 0.490 e. The highest BCUT2D eigenvalue weighted by Crippen LogP contribution is 2.50. The molecule has 2 aromatic rings. The molecule has 1 atom stereocenters. The molecule has 1 aromatic heterocycles. The number of hydrogen-bond acceptors (Lipinski definition) is 7. The zero-order chi connectivity index (χ0) is 26.3. The Balaban J connectivity index is 1.90. The average Bonchev–Trinajstić information content (AvgIpc) is 3.11. The molecular weight excluding hydrogens is 460 g/mol. The number of esters is 1. The maximum Gasteiger partial charge on any atom is 0.343 e. The Morgan fingerprint density at radius 2 is 1.89 bits per heavy atom. The van der Waals surface area contributed by atoms with Crippen molar-refractivity contribution in [2.45, 2.75) is 78.0 Å². The van der Waals surface area contributed by atoms with Crippen LogP contribution >= 0.6 is 0 Å². The number of rotatable bonds is 8. The number of carbonyl (C=O) groups excluding carboxylic acids is 1. The maximum atomic E-state index is 13.1. The monoisotopic (exact) mass is 498 g/mol. The molecule has 2 aliphatic heterocycles. The Morgan fingerprint density at radius 1 is 1.14 bits per heavy atom. The van der Waals surface area contributed by atoms with E-state index < -0.39 is 11.6 Å². The number of ether oxygens (including phenoxy) is 4. The van der Waals surface area contributed by atoms with E-state index in [9.17, 15) is 9.59 Å². The number of carbonyl (C=O) groups is 1. The highest BCUT2D eigenvalue weighted by Gasteiger charge is 2.45. The molecule has 1 saturated heterocycles. The Morgan fingerprint density at radius 3 is 2.56 bits per heavy atom. The molecular formula is C28H38N2O6. The third-order valence-electron chi connectivity index (χ3n) is 6.62. The van der Waals surface area contributed by atoms with Gasteiger partial charge in [-0.3, -0.25) is 14.5 Å². The highest BCUT2D eigenvalue weighted by atomic mass is 16.5. The lowest BCUT2D eigenvalue weighted by Crippen LogP contribution is -2.50. The standard InChI is InChI=1S/C28H38N2O6/c1-8-34-26(32)20-17-29-22(16-23(20)31)19-15-25(36-27(2,3)4)24(35-13-9-12-33-7)14-18(19)21-10-11-28(5,6)30(21)29/h14-17,21H,8-13H2,1-7H3/t21-/m0/s1. The van der Waals surface area contributed by atoms with E-state index in [2.05, 4.69) is 24.9 Å². The third-order valence-corrected chi connectivity index (χ3v) is 6.62. The molecule has 1 aromatic carbocycles. The van der Waals surface area contributed by atoms with Crippen molar-refractivity contribution in [3.8, 4) is 22.8 Å². The Kier molecular flexibility index (Phi) is 7.10. The molecule has 8 nitrogen and oxygen atoms in total. The van der Waals surface area contributed by atoms with Gasteiger partial charge in [0, 0.05) is 38.0 Å². The van der Waals surface area contributed by atoms with Crippen LogP contribution in [0.3, 0.4) is 0 Å². The second-order valence-electron chi connectivity index (χ2n) is 11.0. The Bertz CT molecular complexity index is 1190. The minimum atomic E-state index is -0.603. The van der Waals surface area contributed by atoms with Crippen molar-refractivity contribution in [2.75, 3.05) is 31.9 Å². The summed E-state index contributed by atoms with van der Waals surface area (Å²) in [6.45, 7) is 13.4. The first-order chi connectivity index (χ1) is 17.0. The van der Waals surface area contributed by atoms with Crippen molar-refractivity contribution in [2.24, 2.45) is 0 Å². The quantitative estimate of drug-likeness (QED) is 0.380. The first-order valence-electron chi connectivity index (χ1n) is 12.7. The average molecular weight is 499 g/mol. The van der Waals surface area contributed by atoms with Crippen molar-refractivity contribution < 1.29 is 23.7 Å². The molecule has 2 aliphatic rings. The number of hydrogen-bond donors (Lipinski definition) is 0.